The Kier molecular flexibility index (Phi) is 6.48. The van der Waals surface area contributed by atoms with Crippen LogP contribution in [0.25, 0.3) is 22.6 Å². The summed E-state index contributed by atoms with van der Waals surface area (Å²) in [7, 11) is 0. The van der Waals surface area contributed by atoms with Gasteiger partial charge in [0.1, 0.15) is 11.6 Å². The Morgan fingerprint density at radius 1 is 1.06 bits per heavy atom. The number of aliphatic hydroxyl groups is 1. The van der Waals surface area contributed by atoms with Crippen molar-refractivity contribution in [3.63, 3.8) is 0 Å². The third kappa shape index (κ3) is 4.63. The minimum atomic E-state index is -0.332. The van der Waals surface area contributed by atoms with Crippen molar-refractivity contribution >= 4 is 17.2 Å². The highest BCUT2D eigenvalue weighted by Crippen LogP contribution is 2.38. The summed E-state index contributed by atoms with van der Waals surface area (Å²) in [6.45, 7) is 1.41. The summed E-state index contributed by atoms with van der Waals surface area (Å²) in [5, 5.41) is 19.2. The van der Waals surface area contributed by atoms with Gasteiger partial charge < -0.3 is 19.7 Å². The Labute approximate surface area is 200 Å². The van der Waals surface area contributed by atoms with Crippen molar-refractivity contribution in [2.75, 3.05) is 19.8 Å². The van der Waals surface area contributed by atoms with E-state index in [4.69, 9.17) is 19.4 Å². The van der Waals surface area contributed by atoms with Crippen LogP contribution in [0.1, 0.15) is 34.1 Å². The van der Waals surface area contributed by atoms with E-state index in [0.29, 0.717) is 36.7 Å². The summed E-state index contributed by atoms with van der Waals surface area (Å²) in [5.41, 5.74) is 2.91. The molecule has 2 N–H and O–H groups in total. The lowest BCUT2D eigenvalue weighted by Crippen LogP contribution is -2.44. The summed E-state index contributed by atoms with van der Waals surface area (Å²) >= 11 is 1.64. The average molecular weight is 477 g/mol. The van der Waals surface area contributed by atoms with Gasteiger partial charge in [-0.3, -0.25) is 4.79 Å². The molecule has 1 amide bonds. The molecule has 5 rings (SSSR count). The van der Waals surface area contributed by atoms with Crippen molar-refractivity contribution in [2.24, 2.45) is 0 Å². The Morgan fingerprint density at radius 3 is 2.62 bits per heavy atom. The van der Waals surface area contributed by atoms with Crippen LogP contribution < -0.4 is 5.32 Å². The van der Waals surface area contributed by atoms with Crippen molar-refractivity contribution in [3.05, 3.63) is 76.4 Å². The number of hydrogen-bond donors (Lipinski definition) is 2. The van der Waals surface area contributed by atoms with Crippen molar-refractivity contribution in [1.29, 1.82) is 0 Å². The van der Waals surface area contributed by atoms with Crippen LogP contribution in [0.4, 0.5) is 0 Å². The number of aliphatic hydroxyl groups excluding tert-OH is 1. The van der Waals surface area contributed by atoms with Crippen LogP contribution in [0.2, 0.25) is 0 Å². The van der Waals surface area contributed by atoms with Gasteiger partial charge in [-0.25, -0.2) is 4.98 Å². The van der Waals surface area contributed by atoms with Gasteiger partial charge in [0, 0.05) is 47.2 Å². The van der Waals surface area contributed by atoms with Gasteiger partial charge in [0.25, 0.3) is 11.8 Å². The monoisotopic (exact) mass is 476 g/mol. The van der Waals surface area contributed by atoms with Crippen LogP contribution in [0, 0.1) is 0 Å². The van der Waals surface area contributed by atoms with Crippen LogP contribution in [0.3, 0.4) is 0 Å². The van der Waals surface area contributed by atoms with E-state index in [1.165, 1.54) is 0 Å². The SMILES string of the molecule is O=C(NCC1(c2nc(-c3ccccc3)cs2)CCOCC1)c1cccc(-c2noc(CO)n2)c1. The van der Waals surface area contributed by atoms with Crippen LogP contribution in [0.15, 0.2) is 64.5 Å². The highest BCUT2D eigenvalue weighted by molar-refractivity contribution is 7.10. The van der Waals surface area contributed by atoms with Crippen molar-refractivity contribution in [1.82, 2.24) is 20.4 Å². The fraction of sp³-hybridized carbons (Fsp3) is 0.280. The van der Waals surface area contributed by atoms with E-state index in [0.717, 1.165) is 29.1 Å². The fourth-order valence-electron chi connectivity index (χ4n) is 4.07. The molecular weight excluding hydrogens is 452 g/mol. The third-order valence-corrected chi connectivity index (χ3v) is 7.14. The zero-order chi connectivity index (χ0) is 23.4. The number of ether oxygens (including phenoxy) is 1. The molecule has 1 fully saturated rings. The first-order valence-electron chi connectivity index (χ1n) is 11.1. The normalized spacial score (nSPS) is 15.2. The van der Waals surface area contributed by atoms with E-state index in [-0.39, 0.29) is 23.8 Å². The molecular formula is C25H24N4O4S. The summed E-state index contributed by atoms with van der Waals surface area (Å²) in [5.74, 6) is 0.277. The number of amides is 1. The quantitative estimate of drug-likeness (QED) is 0.417. The van der Waals surface area contributed by atoms with E-state index in [1.807, 2.05) is 18.2 Å². The van der Waals surface area contributed by atoms with E-state index < -0.39 is 0 Å². The average Bonchev–Trinajstić information content (AvgIpc) is 3.59. The van der Waals surface area contributed by atoms with Gasteiger partial charge in [-0.2, -0.15) is 4.98 Å². The number of nitrogens with one attached hydrogen (secondary N) is 1. The predicted octanol–water partition coefficient (Wildman–Crippen LogP) is 3.83. The Bertz CT molecular complexity index is 1260. The number of hydrogen-bond acceptors (Lipinski definition) is 8. The molecule has 9 heteroatoms. The van der Waals surface area contributed by atoms with Crippen LogP contribution in [0.5, 0.6) is 0 Å². The molecule has 1 saturated heterocycles. The van der Waals surface area contributed by atoms with E-state index in [1.54, 1.807) is 35.6 Å². The number of aromatic nitrogens is 3. The van der Waals surface area contributed by atoms with Crippen LogP contribution in [-0.2, 0) is 16.8 Å². The van der Waals surface area contributed by atoms with Gasteiger partial charge in [-0.15, -0.1) is 11.3 Å². The zero-order valence-corrected chi connectivity index (χ0v) is 19.3. The largest absolute Gasteiger partial charge is 0.387 e. The van der Waals surface area contributed by atoms with E-state index >= 15 is 0 Å². The Balaban J connectivity index is 1.34. The lowest BCUT2D eigenvalue weighted by Gasteiger charge is -2.35. The third-order valence-electron chi connectivity index (χ3n) is 6.05. The molecule has 0 saturated carbocycles. The van der Waals surface area contributed by atoms with Gasteiger partial charge in [-0.1, -0.05) is 47.6 Å². The predicted molar refractivity (Wildman–Crippen MR) is 127 cm³/mol. The standard InChI is InChI=1S/C25H24N4O4S/c30-14-21-28-22(29-33-21)18-7-4-8-19(13-18)23(31)26-16-25(9-11-32-12-10-25)24-27-20(15-34-24)17-5-2-1-3-6-17/h1-8,13,15,30H,9-12,14,16H2,(H,26,31). The first-order chi connectivity index (χ1) is 16.7. The molecule has 4 aromatic rings. The highest BCUT2D eigenvalue weighted by Gasteiger charge is 2.38. The van der Waals surface area contributed by atoms with E-state index in [9.17, 15) is 4.79 Å². The minimum Gasteiger partial charge on any atom is -0.387 e. The fourth-order valence-corrected chi connectivity index (χ4v) is 5.16. The molecule has 0 radical (unpaired) electrons. The molecule has 0 spiro atoms. The van der Waals surface area contributed by atoms with Crippen molar-refractivity contribution in [2.45, 2.75) is 24.9 Å². The molecule has 2 aromatic heterocycles. The Hall–Kier alpha value is -3.40. The molecule has 0 atom stereocenters. The lowest BCUT2D eigenvalue weighted by molar-refractivity contribution is 0.0486. The maximum absolute atomic E-state index is 13.1. The molecule has 0 unspecified atom stereocenters. The molecule has 0 aliphatic carbocycles. The molecule has 1 aliphatic heterocycles. The number of rotatable bonds is 7. The van der Waals surface area contributed by atoms with Gasteiger partial charge in [0.2, 0.25) is 5.82 Å². The van der Waals surface area contributed by atoms with Crippen molar-refractivity contribution in [3.8, 4) is 22.6 Å². The molecule has 1 aliphatic rings. The maximum Gasteiger partial charge on any atom is 0.252 e. The molecule has 2 aromatic carbocycles. The smallest absolute Gasteiger partial charge is 0.252 e. The summed E-state index contributed by atoms with van der Waals surface area (Å²) in [6, 6.07) is 17.1. The first-order valence-corrected chi connectivity index (χ1v) is 12.0. The minimum absolute atomic E-state index is 0.129. The first kappa shape index (κ1) is 22.4. The van der Waals surface area contributed by atoms with Crippen LogP contribution >= 0.6 is 11.3 Å². The number of nitrogens with zero attached hydrogens (tertiary/aromatic N) is 3. The molecule has 8 nitrogen and oxygen atoms in total. The second-order valence-electron chi connectivity index (χ2n) is 8.23. The number of carbonyl (C=O) groups excluding carboxylic acids is 1. The van der Waals surface area contributed by atoms with Gasteiger partial charge in [-0.05, 0) is 25.0 Å². The second kappa shape index (κ2) is 9.84. The lowest BCUT2D eigenvalue weighted by atomic mass is 9.80. The van der Waals surface area contributed by atoms with Gasteiger partial charge >= 0.3 is 0 Å². The molecule has 0 bridgehead atoms. The molecule has 3 heterocycles. The molecule has 34 heavy (non-hydrogen) atoms. The number of benzene rings is 2. The zero-order valence-electron chi connectivity index (χ0n) is 18.4. The van der Waals surface area contributed by atoms with Gasteiger partial charge in [0.05, 0.1) is 5.69 Å². The summed E-state index contributed by atoms with van der Waals surface area (Å²) in [4.78, 5) is 22.1. The highest BCUT2D eigenvalue weighted by atomic mass is 32.1. The molecule has 174 valence electrons. The topological polar surface area (TPSA) is 110 Å². The summed E-state index contributed by atoms with van der Waals surface area (Å²) in [6.07, 6.45) is 1.59. The van der Waals surface area contributed by atoms with Crippen molar-refractivity contribution < 1.29 is 19.2 Å². The second-order valence-corrected chi connectivity index (χ2v) is 9.09. The number of carbonyl (C=O) groups is 1. The van der Waals surface area contributed by atoms with E-state index in [2.05, 4.69) is 33.0 Å². The van der Waals surface area contributed by atoms with Crippen LogP contribution in [-0.4, -0.2) is 45.9 Å². The van der Waals surface area contributed by atoms with Gasteiger partial charge in [0.15, 0.2) is 0 Å². The maximum atomic E-state index is 13.1. The Morgan fingerprint density at radius 2 is 1.85 bits per heavy atom. The summed E-state index contributed by atoms with van der Waals surface area (Å²) < 4.78 is 10.6. The number of thiazole rings is 1.